The molecule has 10 nitrogen and oxygen atoms in total. The third-order valence-electron chi connectivity index (χ3n) is 4.71. The number of imide groups is 1. The summed E-state index contributed by atoms with van der Waals surface area (Å²) in [5, 5.41) is 9.63. The Balaban J connectivity index is 2.12. The summed E-state index contributed by atoms with van der Waals surface area (Å²) in [4.78, 5) is 37.8. The predicted octanol–water partition coefficient (Wildman–Crippen LogP) is 3.17. The van der Waals surface area contributed by atoms with Crippen molar-refractivity contribution in [1.29, 1.82) is 0 Å². The highest BCUT2D eigenvalue weighted by atomic mass is 16.6. The van der Waals surface area contributed by atoms with Crippen LogP contribution in [0.1, 0.15) is 24.0 Å². The van der Waals surface area contributed by atoms with Crippen molar-refractivity contribution in [3.05, 3.63) is 59.7 Å². The number of nitrogens with zero attached hydrogens (tertiary/aromatic N) is 1. The molecule has 33 heavy (non-hydrogen) atoms. The molecule has 3 N–H and O–H groups in total. The van der Waals surface area contributed by atoms with Crippen molar-refractivity contribution in [3.63, 3.8) is 0 Å². The van der Waals surface area contributed by atoms with Crippen LogP contribution in [-0.2, 0) is 27.5 Å². The summed E-state index contributed by atoms with van der Waals surface area (Å²) >= 11 is 0. The van der Waals surface area contributed by atoms with Crippen molar-refractivity contribution in [3.8, 4) is 11.5 Å². The van der Waals surface area contributed by atoms with E-state index in [-0.39, 0.29) is 32.6 Å². The molecule has 178 valence electrons. The van der Waals surface area contributed by atoms with Gasteiger partial charge < -0.3 is 29.8 Å². The van der Waals surface area contributed by atoms with Crippen molar-refractivity contribution < 1.29 is 38.4 Å². The molecule has 1 atom stereocenters. The highest BCUT2D eigenvalue weighted by Gasteiger charge is 2.37. The molecule has 2 amide bonds. The van der Waals surface area contributed by atoms with Crippen LogP contribution in [-0.4, -0.2) is 55.0 Å². The molecule has 0 bridgehead atoms. The number of carboxylic acid groups (broad SMARTS) is 1. The third-order valence-corrected chi connectivity index (χ3v) is 4.71. The summed E-state index contributed by atoms with van der Waals surface area (Å²) in [7, 11) is 3.05. The van der Waals surface area contributed by atoms with Crippen LogP contribution in [0.25, 0.3) is 0 Å². The number of methoxy groups -OCH3 is 2. The van der Waals surface area contributed by atoms with Gasteiger partial charge in [0.25, 0.3) is 0 Å². The lowest BCUT2D eigenvalue weighted by Crippen LogP contribution is -2.49. The van der Waals surface area contributed by atoms with E-state index in [1.54, 1.807) is 48.5 Å². The minimum absolute atomic E-state index is 0.0406. The first kappa shape index (κ1) is 25.5. The Morgan fingerprint density at radius 3 is 1.61 bits per heavy atom. The fourth-order valence-corrected chi connectivity index (χ4v) is 2.88. The van der Waals surface area contributed by atoms with Gasteiger partial charge in [0.05, 0.1) is 14.2 Å². The average molecular weight is 460 g/mol. The Bertz CT molecular complexity index is 852. The van der Waals surface area contributed by atoms with Gasteiger partial charge in [0.15, 0.2) is 0 Å². The normalized spacial score (nSPS) is 11.2. The molecular formula is C23H28N2O8. The van der Waals surface area contributed by atoms with E-state index < -0.39 is 24.2 Å². The highest BCUT2D eigenvalue weighted by Crippen LogP contribution is 2.17. The van der Waals surface area contributed by atoms with Crippen LogP contribution in [0.4, 0.5) is 9.59 Å². The van der Waals surface area contributed by atoms with Gasteiger partial charge in [0.2, 0.25) is 0 Å². The lowest BCUT2D eigenvalue weighted by Gasteiger charge is -2.26. The molecule has 0 radical (unpaired) electrons. The molecule has 0 fully saturated rings. The first-order chi connectivity index (χ1) is 15.9. The number of amides is 2. The van der Waals surface area contributed by atoms with Crippen LogP contribution in [0.3, 0.4) is 0 Å². The summed E-state index contributed by atoms with van der Waals surface area (Å²) in [6.45, 7) is -0.151. The smallest absolute Gasteiger partial charge is 0.420 e. The van der Waals surface area contributed by atoms with E-state index in [4.69, 9.17) is 24.7 Å². The average Bonchev–Trinajstić information content (AvgIpc) is 2.84. The number of ether oxygens (including phenoxy) is 4. The second-order valence-electron chi connectivity index (χ2n) is 6.96. The molecule has 0 spiro atoms. The van der Waals surface area contributed by atoms with Gasteiger partial charge in [-0.25, -0.2) is 14.4 Å². The number of carbonyl (C=O) groups excluding carboxylic acids is 2. The predicted molar refractivity (Wildman–Crippen MR) is 118 cm³/mol. The largest absolute Gasteiger partial charge is 0.497 e. The third kappa shape index (κ3) is 7.69. The van der Waals surface area contributed by atoms with Gasteiger partial charge in [-0.1, -0.05) is 24.3 Å². The Kier molecular flexibility index (Phi) is 9.97. The molecule has 0 aliphatic heterocycles. The summed E-state index contributed by atoms with van der Waals surface area (Å²) in [6, 6.07) is 12.0. The minimum atomic E-state index is -1.49. The van der Waals surface area contributed by atoms with Gasteiger partial charge in [-0.2, -0.15) is 4.90 Å². The number of rotatable bonds is 11. The van der Waals surface area contributed by atoms with Crippen molar-refractivity contribution in [1.82, 2.24) is 4.90 Å². The molecule has 0 aliphatic rings. The van der Waals surface area contributed by atoms with E-state index in [2.05, 4.69) is 0 Å². The second-order valence-corrected chi connectivity index (χ2v) is 6.96. The monoisotopic (exact) mass is 460 g/mol. The van der Waals surface area contributed by atoms with Crippen molar-refractivity contribution in [2.24, 2.45) is 5.73 Å². The summed E-state index contributed by atoms with van der Waals surface area (Å²) in [5.41, 5.74) is 6.74. The summed E-state index contributed by atoms with van der Waals surface area (Å²) < 4.78 is 20.6. The Labute approximate surface area is 191 Å². The molecular weight excluding hydrogens is 432 g/mol. The fraction of sp³-hybridized carbons (Fsp3) is 0.348. The second kappa shape index (κ2) is 12.9. The molecule has 10 heteroatoms. The van der Waals surface area contributed by atoms with Crippen LogP contribution < -0.4 is 15.2 Å². The topological polar surface area (TPSA) is 138 Å². The molecule has 2 aromatic carbocycles. The van der Waals surface area contributed by atoms with Gasteiger partial charge in [0, 0.05) is 0 Å². The van der Waals surface area contributed by atoms with Gasteiger partial charge in [-0.15, -0.1) is 0 Å². The number of carboxylic acids is 1. The Morgan fingerprint density at radius 2 is 1.27 bits per heavy atom. The quantitative estimate of drug-likeness (QED) is 0.518. The van der Waals surface area contributed by atoms with E-state index in [0.717, 1.165) is 0 Å². The molecule has 0 saturated heterocycles. The van der Waals surface area contributed by atoms with Crippen LogP contribution in [0.5, 0.6) is 11.5 Å². The van der Waals surface area contributed by atoms with E-state index in [1.807, 2.05) is 0 Å². The van der Waals surface area contributed by atoms with Gasteiger partial charge in [-0.3, -0.25) is 0 Å². The lowest BCUT2D eigenvalue weighted by molar-refractivity contribution is -0.142. The van der Waals surface area contributed by atoms with Crippen LogP contribution >= 0.6 is 0 Å². The maximum absolute atomic E-state index is 12.8. The molecule has 0 aromatic heterocycles. The van der Waals surface area contributed by atoms with Crippen molar-refractivity contribution in [2.45, 2.75) is 32.1 Å². The molecule has 0 heterocycles. The number of hydrogen-bond donors (Lipinski definition) is 2. The van der Waals surface area contributed by atoms with Crippen molar-refractivity contribution in [2.75, 3.05) is 20.8 Å². The standard InChI is InChI=1S/C23H28N2O8/c1-30-18-9-5-16(6-10-18)14-32-22(28)25(20(21(26)27)4-3-13-24)23(29)33-15-17-7-11-19(31-2)12-8-17/h5-12,20H,3-4,13-15,24H2,1-2H3,(H,26,27)/t20-/m0/s1. The summed E-state index contributed by atoms with van der Waals surface area (Å²) in [5.74, 6) is -0.116. The van der Waals surface area contributed by atoms with Gasteiger partial charge >= 0.3 is 18.2 Å². The Hall–Kier alpha value is -3.79. The number of nitrogens with two attached hydrogens (primary N) is 1. The lowest BCUT2D eigenvalue weighted by atomic mass is 10.1. The fourth-order valence-electron chi connectivity index (χ4n) is 2.88. The van der Waals surface area contributed by atoms with Crippen LogP contribution in [0.15, 0.2) is 48.5 Å². The Morgan fingerprint density at radius 1 is 0.848 bits per heavy atom. The number of benzene rings is 2. The molecule has 0 saturated carbocycles. The number of carbonyl (C=O) groups is 3. The summed E-state index contributed by atoms with van der Waals surface area (Å²) in [6.07, 6.45) is -2.02. The zero-order valence-electron chi connectivity index (χ0n) is 18.6. The first-order valence-electron chi connectivity index (χ1n) is 10.2. The molecule has 2 aromatic rings. The SMILES string of the molecule is COc1ccc(COC(=O)N(C(=O)OCc2ccc(OC)cc2)[C@@H](CCCN)C(=O)O)cc1. The maximum Gasteiger partial charge on any atom is 0.420 e. The number of hydrogen-bond acceptors (Lipinski definition) is 8. The van der Waals surface area contributed by atoms with E-state index in [1.165, 1.54) is 14.2 Å². The van der Waals surface area contributed by atoms with Crippen molar-refractivity contribution >= 4 is 18.2 Å². The van der Waals surface area contributed by atoms with Gasteiger partial charge in [-0.05, 0) is 54.8 Å². The van der Waals surface area contributed by atoms with Crippen LogP contribution in [0.2, 0.25) is 0 Å². The number of aliphatic carboxylic acids is 1. The maximum atomic E-state index is 12.8. The first-order valence-corrected chi connectivity index (χ1v) is 10.2. The molecule has 0 aliphatic carbocycles. The molecule has 0 unspecified atom stereocenters. The van der Waals surface area contributed by atoms with Gasteiger partial charge in [0.1, 0.15) is 30.8 Å². The highest BCUT2D eigenvalue weighted by molar-refractivity contribution is 5.93. The zero-order valence-corrected chi connectivity index (χ0v) is 18.6. The van der Waals surface area contributed by atoms with E-state index >= 15 is 0 Å². The van der Waals surface area contributed by atoms with E-state index in [9.17, 15) is 19.5 Å². The zero-order chi connectivity index (χ0) is 24.2. The minimum Gasteiger partial charge on any atom is -0.497 e. The van der Waals surface area contributed by atoms with E-state index in [0.29, 0.717) is 27.5 Å². The molecule has 2 rings (SSSR count). The van der Waals surface area contributed by atoms with Crippen LogP contribution in [0, 0.1) is 0 Å².